The molecule has 5 N–H and O–H groups in total. The first-order valence-corrected chi connectivity index (χ1v) is 8.80. The van der Waals surface area contributed by atoms with Gasteiger partial charge in [-0.25, -0.2) is 4.79 Å². The molecule has 0 aliphatic carbocycles. The maximum atomic E-state index is 12.3. The van der Waals surface area contributed by atoms with Crippen molar-refractivity contribution in [3.8, 4) is 0 Å². The molecule has 3 heterocycles. The van der Waals surface area contributed by atoms with Gasteiger partial charge in [-0.1, -0.05) is 6.92 Å². The summed E-state index contributed by atoms with van der Waals surface area (Å²) < 4.78 is 0. The van der Waals surface area contributed by atoms with E-state index in [2.05, 4.69) is 5.32 Å². The van der Waals surface area contributed by atoms with E-state index in [4.69, 9.17) is 5.73 Å². The number of primary amides is 1. The van der Waals surface area contributed by atoms with E-state index in [1.807, 2.05) is 6.92 Å². The smallest absolute Gasteiger partial charge is 0.353 e. The van der Waals surface area contributed by atoms with Gasteiger partial charge in [-0.3, -0.25) is 9.59 Å². The van der Waals surface area contributed by atoms with E-state index in [-0.39, 0.29) is 28.8 Å². The molecule has 0 bridgehead atoms. The second-order valence-corrected chi connectivity index (χ2v) is 7.95. The number of aliphatic hydroxyl groups excluding tert-OH is 1. The minimum atomic E-state index is -1.14. The summed E-state index contributed by atoms with van der Waals surface area (Å²) in [6.45, 7) is 3.99. The largest absolute Gasteiger partial charge is 0.477 e. The molecule has 9 heteroatoms. The molecule has 0 aromatic rings. The van der Waals surface area contributed by atoms with Gasteiger partial charge in [0.2, 0.25) is 11.8 Å². The first kappa shape index (κ1) is 17.2. The second kappa shape index (κ2) is 6.05. The van der Waals surface area contributed by atoms with Crippen LogP contribution in [0.3, 0.4) is 0 Å². The Morgan fingerprint density at radius 2 is 2.12 bits per heavy atom. The van der Waals surface area contributed by atoms with E-state index in [9.17, 15) is 24.6 Å². The van der Waals surface area contributed by atoms with Crippen LogP contribution in [0.25, 0.3) is 0 Å². The molecule has 3 aliphatic heterocycles. The summed E-state index contributed by atoms with van der Waals surface area (Å²) >= 11 is 1.40. The summed E-state index contributed by atoms with van der Waals surface area (Å²) in [5, 5.41) is 22.4. The van der Waals surface area contributed by atoms with Crippen LogP contribution in [-0.2, 0) is 14.4 Å². The van der Waals surface area contributed by atoms with Gasteiger partial charge in [-0.2, -0.15) is 0 Å². The summed E-state index contributed by atoms with van der Waals surface area (Å²) in [5.41, 5.74) is 5.31. The minimum absolute atomic E-state index is 0.0157. The zero-order chi connectivity index (χ0) is 17.8. The molecule has 2 fully saturated rings. The summed E-state index contributed by atoms with van der Waals surface area (Å²) in [7, 11) is 0. The highest BCUT2D eigenvalue weighted by Crippen LogP contribution is 2.51. The molecular formula is C15H21N3O5S. The number of thioether (sulfide) groups is 1. The van der Waals surface area contributed by atoms with Gasteiger partial charge >= 0.3 is 5.97 Å². The van der Waals surface area contributed by atoms with Crippen molar-refractivity contribution in [1.82, 2.24) is 10.2 Å². The SMILES string of the molecule is C[C@@H](O)[C@H]1C(=O)N2C(C(=O)O)=C(S[C@@H]3CN[C@H](C(N)=O)C3)[C@H](C)[C@@H]12. The molecule has 0 unspecified atom stereocenters. The van der Waals surface area contributed by atoms with Gasteiger partial charge in [0.1, 0.15) is 5.70 Å². The number of rotatable bonds is 5. The molecule has 132 valence electrons. The fourth-order valence-electron chi connectivity index (χ4n) is 3.87. The van der Waals surface area contributed by atoms with Crippen molar-refractivity contribution in [3.05, 3.63) is 10.6 Å². The van der Waals surface area contributed by atoms with E-state index >= 15 is 0 Å². The van der Waals surface area contributed by atoms with E-state index < -0.39 is 29.9 Å². The number of aliphatic hydroxyl groups is 1. The summed E-state index contributed by atoms with van der Waals surface area (Å²) in [6, 6.07) is -0.718. The van der Waals surface area contributed by atoms with Crippen molar-refractivity contribution >= 4 is 29.5 Å². The normalized spacial score (nSPS) is 36.5. The number of carboxylic acids is 1. The quantitative estimate of drug-likeness (QED) is 0.469. The summed E-state index contributed by atoms with van der Waals surface area (Å²) in [5.74, 6) is -2.62. The van der Waals surface area contributed by atoms with E-state index in [0.29, 0.717) is 17.9 Å². The van der Waals surface area contributed by atoms with Gasteiger partial charge in [0.15, 0.2) is 0 Å². The number of hydrogen-bond donors (Lipinski definition) is 4. The van der Waals surface area contributed by atoms with Crippen LogP contribution in [0.4, 0.5) is 0 Å². The predicted molar refractivity (Wildman–Crippen MR) is 86.6 cm³/mol. The number of carbonyl (C=O) groups excluding carboxylic acids is 2. The minimum Gasteiger partial charge on any atom is -0.477 e. The second-order valence-electron chi connectivity index (χ2n) is 6.61. The van der Waals surface area contributed by atoms with Crippen LogP contribution in [0, 0.1) is 11.8 Å². The maximum absolute atomic E-state index is 12.3. The molecule has 0 aromatic carbocycles. The number of carbonyl (C=O) groups is 3. The third-order valence-corrected chi connectivity index (χ3v) is 6.55. The number of nitrogens with one attached hydrogen (secondary N) is 1. The number of carboxylic acid groups (broad SMARTS) is 1. The van der Waals surface area contributed by atoms with Gasteiger partial charge in [-0.15, -0.1) is 11.8 Å². The monoisotopic (exact) mass is 355 g/mol. The van der Waals surface area contributed by atoms with Crippen molar-refractivity contribution in [2.45, 2.75) is 43.7 Å². The van der Waals surface area contributed by atoms with E-state index in [1.54, 1.807) is 6.92 Å². The van der Waals surface area contributed by atoms with Gasteiger partial charge < -0.3 is 26.2 Å². The lowest BCUT2D eigenvalue weighted by molar-refractivity contribution is -0.163. The molecule has 8 nitrogen and oxygen atoms in total. The molecule has 0 radical (unpaired) electrons. The first-order chi connectivity index (χ1) is 11.2. The number of nitrogens with two attached hydrogens (primary N) is 1. The number of amides is 2. The number of nitrogens with zero attached hydrogens (tertiary/aromatic N) is 1. The van der Waals surface area contributed by atoms with Gasteiger partial charge in [-0.05, 0) is 13.3 Å². The summed E-state index contributed by atoms with van der Waals surface area (Å²) in [6.07, 6.45) is -0.283. The van der Waals surface area contributed by atoms with Crippen molar-refractivity contribution in [1.29, 1.82) is 0 Å². The van der Waals surface area contributed by atoms with Crippen molar-refractivity contribution in [2.24, 2.45) is 17.6 Å². The molecule has 6 atom stereocenters. The number of aliphatic carboxylic acids is 1. The fourth-order valence-corrected chi connectivity index (χ4v) is 5.35. The highest BCUT2D eigenvalue weighted by Gasteiger charge is 2.60. The highest BCUT2D eigenvalue weighted by atomic mass is 32.2. The molecule has 3 rings (SSSR count). The van der Waals surface area contributed by atoms with Crippen molar-refractivity contribution in [3.63, 3.8) is 0 Å². The zero-order valence-electron chi connectivity index (χ0n) is 13.4. The maximum Gasteiger partial charge on any atom is 0.353 e. The van der Waals surface area contributed by atoms with Crippen LogP contribution in [0.5, 0.6) is 0 Å². The molecule has 2 amide bonds. The standard InChI is InChI=1S/C15H21N3O5S/c1-5-10-9(6(2)19)14(21)18(10)11(15(22)23)12(5)24-7-3-8(13(16)20)17-4-7/h5-10,17,19H,3-4H2,1-2H3,(H2,16,20)(H,22,23)/t5-,6-,7+,8+,9-,10+/m1/s1. The Bertz CT molecular complexity index is 635. The van der Waals surface area contributed by atoms with Crippen LogP contribution < -0.4 is 11.1 Å². The lowest BCUT2D eigenvalue weighted by atomic mass is 9.79. The van der Waals surface area contributed by atoms with Crippen LogP contribution in [0.1, 0.15) is 20.3 Å². The third-order valence-electron chi connectivity index (χ3n) is 5.04. The van der Waals surface area contributed by atoms with Crippen LogP contribution in [-0.4, -0.2) is 62.9 Å². The lowest BCUT2D eigenvalue weighted by Gasteiger charge is -2.46. The van der Waals surface area contributed by atoms with E-state index in [0.717, 1.165) is 0 Å². The molecule has 3 aliphatic rings. The molecule has 0 saturated carbocycles. The molecular weight excluding hydrogens is 334 g/mol. The third kappa shape index (κ3) is 2.51. The van der Waals surface area contributed by atoms with Crippen LogP contribution >= 0.6 is 11.8 Å². The Kier molecular flexibility index (Phi) is 4.35. The van der Waals surface area contributed by atoms with Crippen LogP contribution in [0.2, 0.25) is 0 Å². The number of fused-ring (bicyclic) bond motifs is 1. The van der Waals surface area contributed by atoms with Gasteiger partial charge in [0, 0.05) is 22.6 Å². The highest BCUT2D eigenvalue weighted by molar-refractivity contribution is 8.03. The molecule has 24 heavy (non-hydrogen) atoms. The average molecular weight is 355 g/mol. The van der Waals surface area contributed by atoms with E-state index in [1.165, 1.54) is 16.7 Å². The average Bonchev–Trinajstić information content (AvgIpc) is 3.03. The lowest BCUT2D eigenvalue weighted by Crippen LogP contribution is -2.63. The van der Waals surface area contributed by atoms with Gasteiger partial charge in [0.05, 0.1) is 24.1 Å². The Balaban J connectivity index is 1.83. The Morgan fingerprint density at radius 3 is 2.62 bits per heavy atom. The fraction of sp³-hybridized carbons (Fsp3) is 0.667. The summed E-state index contributed by atoms with van der Waals surface area (Å²) in [4.78, 5) is 37.2. The topological polar surface area (TPSA) is 133 Å². The van der Waals surface area contributed by atoms with Gasteiger partial charge in [0.25, 0.3) is 0 Å². The van der Waals surface area contributed by atoms with Crippen LogP contribution in [0.15, 0.2) is 10.6 Å². The number of hydrogen-bond acceptors (Lipinski definition) is 6. The first-order valence-electron chi connectivity index (χ1n) is 7.92. The molecule has 0 aromatic heterocycles. The predicted octanol–water partition coefficient (Wildman–Crippen LogP) is -0.911. The zero-order valence-corrected chi connectivity index (χ0v) is 14.2. The molecule has 2 saturated heterocycles. The Hall–Kier alpha value is -1.58. The Labute approximate surface area is 143 Å². The Morgan fingerprint density at radius 1 is 1.46 bits per heavy atom. The van der Waals surface area contributed by atoms with Crippen molar-refractivity contribution < 1.29 is 24.6 Å². The number of β-lactam (4-membered cyclic amide) rings is 1. The van der Waals surface area contributed by atoms with Crippen molar-refractivity contribution in [2.75, 3.05) is 6.54 Å². The molecule has 0 spiro atoms.